The van der Waals surface area contributed by atoms with Gasteiger partial charge in [-0.25, -0.2) is 4.98 Å². The second-order valence-corrected chi connectivity index (χ2v) is 6.21. The van der Waals surface area contributed by atoms with Gasteiger partial charge in [-0.2, -0.15) is 0 Å². The first-order valence-corrected chi connectivity index (χ1v) is 6.46. The average molecular weight is 269 g/mol. The summed E-state index contributed by atoms with van der Waals surface area (Å²) in [4.78, 5) is 18.2. The number of hydrogen-bond donors (Lipinski definition) is 0. The highest BCUT2D eigenvalue weighted by Crippen LogP contribution is 2.24. The molecule has 0 spiro atoms. The zero-order chi connectivity index (χ0) is 14.1. The highest BCUT2D eigenvalue weighted by Gasteiger charge is 2.21. The Balaban J connectivity index is 3.19. The summed E-state index contributed by atoms with van der Waals surface area (Å²) in [5, 5.41) is 0.364. The number of amides is 1. The summed E-state index contributed by atoms with van der Waals surface area (Å²) in [6.45, 7) is 10.1. The molecule has 0 saturated heterocycles. The van der Waals surface area contributed by atoms with Crippen LogP contribution < -0.4 is 0 Å². The molecule has 100 valence electrons. The third-order valence-electron chi connectivity index (χ3n) is 2.90. The van der Waals surface area contributed by atoms with E-state index in [1.165, 1.54) is 0 Å². The molecule has 18 heavy (non-hydrogen) atoms. The van der Waals surface area contributed by atoms with Crippen molar-refractivity contribution >= 4 is 17.5 Å². The van der Waals surface area contributed by atoms with E-state index in [1.54, 1.807) is 18.0 Å². The number of aromatic nitrogens is 1. The van der Waals surface area contributed by atoms with Crippen molar-refractivity contribution in [2.75, 3.05) is 7.05 Å². The molecule has 0 bridgehead atoms. The first-order chi connectivity index (χ1) is 8.12. The average Bonchev–Trinajstić information content (AvgIpc) is 2.24. The van der Waals surface area contributed by atoms with Crippen molar-refractivity contribution in [3.63, 3.8) is 0 Å². The maximum absolute atomic E-state index is 12.3. The Kier molecular flexibility index (Phi) is 4.38. The number of carbonyl (C=O) groups is 1. The molecule has 0 aliphatic heterocycles. The minimum absolute atomic E-state index is 0.0280. The molecule has 3 nitrogen and oxygen atoms in total. The molecule has 0 aromatic carbocycles. The highest BCUT2D eigenvalue weighted by atomic mass is 35.5. The fraction of sp³-hybridized carbons (Fsp3) is 0.571. The van der Waals surface area contributed by atoms with Crippen LogP contribution in [0.1, 0.15) is 50.7 Å². The van der Waals surface area contributed by atoms with Crippen LogP contribution in [0.4, 0.5) is 0 Å². The maximum atomic E-state index is 12.3. The van der Waals surface area contributed by atoms with E-state index in [0.717, 1.165) is 5.69 Å². The number of rotatable bonds is 2. The molecule has 0 aliphatic carbocycles. The van der Waals surface area contributed by atoms with E-state index in [1.807, 2.05) is 40.7 Å². The Labute approximate surface area is 114 Å². The lowest BCUT2D eigenvalue weighted by atomic mass is 9.90. The van der Waals surface area contributed by atoms with Crippen LogP contribution in [0.5, 0.6) is 0 Å². The lowest BCUT2D eigenvalue weighted by Crippen LogP contribution is -2.33. The van der Waals surface area contributed by atoms with Gasteiger partial charge in [-0.15, -0.1) is 0 Å². The molecule has 4 heteroatoms. The maximum Gasteiger partial charge on any atom is 0.254 e. The summed E-state index contributed by atoms with van der Waals surface area (Å²) < 4.78 is 0. The van der Waals surface area contributed by atoms with Crippen molar-refractivity contribution in [2.24, 2.45) is 0 Å². The summed E-state index contributed by atoms with van der Waals surface area (Å²) in [7, 11) is 1.79. The Hall–Kier alpha value is -1.09. The quantitative estimate of drug-likeness (QED) is 0.769. The van der Waals surface area contributed by atoms with E-state index in [9.17, 15) is 4.79 Å². The van der Waals surface area contributed by atoms with E-state index < -0.39 is 0 Å². The van der Waals surface area contributed by atoms with Gasteiger partial charge < -0.3 is 4.90 Å². The van der Waals surface area contributed by atoms with Crippen molar-refractivity contribution < 1.29 is 4.79 Å². The molecule has 0 N–H and O–H groups in total. The number of carbonyl (C=O) groups excluding carboxylic acids is 1. The smallest absolute Gasteiger partial charge is 0.254 e. The summed E-state index contributed by atoms with van der Waals surface area (Å²) in [6, 6.07) is 3.60. The molecule has 0 unspecified atom stereocenters. The zero-order valence-electron chi connectivity index (χ0n) is 11.9. The van der Waals surface area contributed by atoms with Crippen molar-refractivity contribution in [1.29, 1.82) is 0 Å². The molecule has 1 aromatic heterocycles. The minimum atomic E-state index is -0.129. The lowest BCUT2D eigenvalue weighted by molar-refractivity contribution is 0.0754. The molecule has 0 saturated carbocycles. The van der Waals surface area contributed by atoms with E-state index in [2.05, 4.69) is 4.98 Å². The predicted octanol–water partition coefficient (Wildman–Crippen LogP) is 3.51. The predicted molar refractivity (Wildman–Crippen MR) is 75.2 cm³/mol. The molecule has 0 aliphatic rings. The van der Waals surface area contributed by atoms with Gasteiger partial charge in [-0.1, -0.05) is 32.4 Å². The van der Waals surface area contributed by atoms with Crippen molar-refractivity contribution in [1.82, 2.24) is 9.88 Å². The van der Waals surface area contributed by atoms with Gasteiger partial charge in [-0.3, -0.25) is 4.79 Å². The molecular weight excluding hydrogens is 248 g/mol. The van der Waals surface area contributed by atoms with Gasteiger partial charge >= 0.3 is 0 Å². The number of nitrogens with zero attached hydrogens (tertiary/aromatic N) is 2. The second-order valence-electron chi connectivity index (χ2n) is 5.82. The molecule has 1 rings (SSSR count). The van der Waals surface area contributed by atoms with E-state index in [4.69, 9.17) is 11.6 Å². The van der Waals surface area contributed by atoms with Crippen LogP contribution in [0.3, 0.4) is 0 Å². The van der Waals surface area contributed by atoms with Gasteiger partial charge in [0, 0.05) is 29.8 Å². The van der Waals surface area contributed by atoms with Gasteiger partial charge in [0.15, 0.2) is 0 Å². The third kappa shape index (κ3) is 3.45. The molecule has 0 fully saturated rings. The van der Waals surface area contributed by atoms with E-state index >= 15 is 0 Å². The molecule has 0 radical (unpaired) electrons. The van der Waals surface area contributed by atoms with Gasteiger partial charge in [-0.05, 0) is 26.0 Å². The van der Waals surface area contributed by atoms with Gasteiger partial charge in [0.2, 0.25) is 0 Å². The standard InChI is InChI=1S/C14H21ClN2O/c1-9(2)17(6)13(18)10-7-11(14(3,4)5)16-12(15)8-10/h7-9H,1-6H3. The minimum Gasteiger partial charge on any atom is -0.339 e. The topological polar surface area (TPSA) is 33.2 Å². The lowest BCUT2D eigenvalue weighted by Gasteiger charge is -2.23. The SMILES string of the molecule is CC(C)N(C)C(=O)c1cc(Cl)nc(C(C)(C)C)c1. The van der Waals surface area contributed by atoms with Crippen molar-refractivity contribution in [3.8, 4) is 0 Å². The van der Waals surface area contributed by atoms with Crippen LogP contribution in [0, 0.1) is 0 Å². The molecular formula is C14H21ClN2O. The van der Waals surface area contributed by atoms with Crippen LogP contribution >= 0.6 is 11.6 Å². The normalized spacial score (nSPS) is 11.8. The number of halogens is 1. The number of hydrogen-bond acceptors (Lipinski definition) is 2. The molecule has 1 heterocycles. The fourth-order valence-corrected chi connectivity index (χ4v) is 1.65. The Bertz CT molecular complexity index is 450. The van der Waals surface area contributed by atoms with E-state index in [0.29, 0.717) is 10.7 Å². The zero-order valence-corrected chi connectivity index (χ0v) is 12.7. The second kappa shape index (κ2) is 5.27. The molecule has 1 aromatic rings. The van der Waals surface area contributed by atoms with Crippen molar-refractivity contribution in [3.05, 3.63) is 28.5 Å². The fourth-order valence-electron chi connectivity index (χ4n) is 1.44. The summed E-state index contributed by atoms with van der Waals surface area (Å²) >= 11 is 6.00. The largest absolute Gasteiger partial charge is 0.339 e. The van der Waals surface area contributed by atoms with Crippen LogP contribution in [-0.2, 0) is 5.41 Å². The number of pyridine rings is 1. The van der Waals surface area contributed by atoms with Crippen LogP contribution in [0.2, 0.25) is 5.15 Å². The van der Waals surface area contributed by atoms with Crippen LogP contribution in [0.25, 0.3) is 0 Å². The first-order valence-electron chi connectivity index (χ1n) is 6.08. The van der Waals surface area contributed by atoms with Gasteiger partial charge in [0.1, 0.15) is 5.15 Å². The van der Waals surface area contributed by atoms with Gasteiger partial charge in [0.25, 0.3) is 5.91 Å². The summed E-state index contributed by atoms with van der Waals surface area (Å²) in [5.41, 5.74) is 1.29. The molecule has 0 atom stereocenters. The van der Waals surface area contributed by atoms with Crippen LogP contribution in [-0.4, -0.2) is 28.9 Å². The first kappa shape index (κ1) is 15.0. The van der Waals surface area contributed by atoms with Crippen LogP contribution in [0.15, 0.2) is 12.1 Å². The van der Waals surface area contributed by atoms with Crippen molar-refractivity contribution in [2.45, 2.75) is 46.1 Å². The summed E-state index contributed by atoms with van der Waals surface area (Å²) in [5.74, 6) is -0.0280. The molecule has 1 amide bonds. The summed E-state index contributed by atoms with van der Waals surface area (Å²) in [6.07, 6.45) is 0. The third-order valence-corrected chi connectivity index (χ3v) is 3.10. The Morgan fingerprint density at radius 1 is 1.33 bits per heavy atom. The monoisotopic (exact) mass is 268 g/mol. The van der Waals surface area contributed by atoms with Gasteiger partial charge in [0.05, 0.1) is 0 Å². The highest BCUT2D eigenvalue weighted by molar-refractivity contribution is 6.29. The Morgan fingerprint density at radius 2 is 1.89 bits per heavy atom. The van der Waals surface area contributed by atoms with E-state index in [-0.39, 0.29) is 17.4 Å². The Morgan fingerprint density at radius 3 is 2.33 bits per heavy atom.